The van der Waals surface area contributed by atoms with Crippen molar-refractivity contribution >= 4 is 48.2 Å². The Balaban J connectivity index is 5.58. The number of carbonyl (C=O) groups excluding carboxylic acids is 3. The summed E-state index contributed by atoms with van der Waals surface area (Å²) in [5.74, 6) is -5.62. The highest BCUT2D eigenvalue weighted by Crippen LogP contribution is 2.10. The van der Waals surface area contributed by atoms with Crippen molar-refractivity contribution in [2.75, 3.05) is 12.3 Å². The molecule has 14 nitrogen and oxygen atoms in total. The quantitative estimate of drug-likeness (QED) is 0.0456. The number of nitrogens with zero attached hydrogens (tertiary/aromatic N) is 1. The van der Waals surface area contributed by atoms with E-state index in [1.165, 1.54) is 0 Å². The molecule has 0 heterocycles. The van der Waals surface area contributed by atoms with Gasteiger partial charge in [-0.3, -0.25) is 24.2 Å². The van der Waals surface area contributed by atoms with Crippen LogP contribution in [-0.2, 0) is 24.0 Å². The van der Waals surface area contributed by atoms with Gasteiger partial charge in [-0.1, -0.05) is 20.3 Å². The molecule has 0 aromatic heterocycles. The van der Waals surface area contributed by atoms with Crippen molar-refractivity contribution in [1.29, 1.82) is 0 Å². The van der Waals surface area contributed by atoms with Crippen LogP contribution in [0.15, 0.2) is 4.99 Å². The van der Waals surface area contributed by atoms with Crippen LogP contribution < -0.4 is 33.2 Å². The van der Waals surface area contributed by atoms with Gasteiger partial charge in [-0.2, -0.15) is 12.6 Å². The minimum atomic E-state index is -1.37. The van der Waals surface area contributed by atoms with E-state index in [2.05, 4.69) is 33.6 Å². The van der Waals surface area contributed by atoms with Crippen molar-refractivity contribution in [3.63, 3.8) is 0 Å². The zero-order valence-corrected chi connectivity index (χ0v) is 20.1. The van der Waals surface area contributed by atoms with Crippen molar-refractivity contribution in [2.24, 2.45) is 28.1 Å². The maximum atomic E-state index is 13.0. The van der Waals surface area contributed by atoms with E-state index in [9.17, 15) is 24.0 Å². The number of nitrogens with two attached hydrogens (primary N) is 3. The molecule has 0 aliphatic heterocycles. The first-order chi connectivity index (χ1) is 15.8. The lowest BCUT2D eigenvalue weighted by atomic mass is 9.97. The van der Waals surface area contributed by atoms with Crippen LogP contribution in [-0.4, -0.2) is 82.3 Å². The smallest absolute Gasteiger partial charge is 0.327 e. The van der Waals surface area contributed by atoms with Gasteiger partial charge < -0.3 is 43.4 Å². The molecule has 3 amide bonds. The van der Waals surface area contributed by atoms with Crippen LogP contribution in [0.3, 0.4) is 0 Å². The lowest BCUT2D eigenvalue weighted by Gasteiger charge is -2.27. The average Bonchev–Trinajstić information content (AvgIpc) is 2.75. The molecule has 0 saturated carbocycles. The minimum absolute atomic E-state index is 0.0625. The normalized spacial score (nSPS) is 15.1. The molecule has 5 unspecified atom stereocenters. The highest BCUT2D eigenvalue weighted by atomic mass is 32.1. The predicted molar refractivity (Wildman–Crippen MR) is 127 cm³/mol. The molecule has 0 bridgehead atoms. The highest BCUT2D eigenvalue weighted by molar-refractivity contribution is 7.80. The van der Waals surface area contributed by atoms with Crippen LogP contribution in [0.4, 0.5) is 0 Å². The Morgan fingerprint density at radius 2 is 1.56 bits per heavy atom. The van der Waals surface area contributed by atoms with Crippen molar-refractivity contribution in [1.82, 2.24) is 16.0 Å². The van der Waals surface area contributed by atoms with Crippen molar-refractivity contribution in [3.05, 3.63) is 0 Å². The fourth-order valence-corrected chi connectivity index (χ4v) is 2.98. The fourth-order valence-electron chi connectivity index (χ4n) is 2.73. The second-order valence-corrected chi connectivity index (χ2v) is 8.03. The zero-order valence-electron chi connectivity index (χ0n) is 19.2. The number of hydrogen-bond acceptors (Lipinski definition) is 8. The molecule has 5 atom stereocenters. The number of amides is 3. The van der Waals surface area contributed by atoms with Gasteiger partial charge in [0.15, 0.2) is 5.96 Å². The van der Waals surface area contributed by atoms with E-state index in [0.29, 0.717) is 6.42 Å². The molecule has 0 saturated heterocycles. The Hall–Kier alpha value is -3.07. The largest absolute Gasteiger partial charge is 0.481 e. The van der Waals surface area contributed by atoms with E-state index < -0.39 is 66.2 Å². The molecule has 194 valence electrons. The summed E-state index contributed by atoms with van der Waals surface area (Å²) >= 11 is 3.90. The van der Waals surface area contributed by atoms with Crippen molar-refractivity contribution < 1.29 is 34.2 Å². The van der Waals surface area contributed by atoms with E-state index in [1.54, 1.807) is 13.8 Å². The van der Waals surface area contributed by atoms with Crippen LogP contribution >= 0.6 is 12.6 Å². The molecule has 0 rings (SSSR count). The molecule has 0 radical (unpaired) electrons. The maximum absolute atomic E-state index is 13.0. The molecule has 15 heteroatoms. The Morgan fingerprint density at radius 1 is 0.971 bits per heavy atom. The van der Waals surface area contributed by atoms with Gasteiger partial charge >= 0.3 is 11.9 Å². The van der Waals surface area contributed by atoms with Crippen LogP contribution in [0.1, 0.15) is 39.5 Å². The van der Waals surface area contributed by atoms with Gasteiger partial charge in [-0.15, -0.1) is 0 Å². The molecule has 0 aromatic rings. The number of thiol groups is 1. The van der Waals surface area contributed by atoms with E-state index in [0.717, 1.165) is 0 Å². The van der Waals surface area contributed by atoms with Gasteiger partial charge in [-0.05, 0) is 18.8 Å². The summed E-state index contributed by atoms with van der Waals surface area (Å²) in [6.45, 7) is 3.62. The molecule has 34 heavy (non-hydrogen) atoms. The Morgan fingerprint density at radius 3 is 2.03 bits per heavy atom. The molecule has 11 N–H and O–H groups in total. The average molecular weight is 506 g/mol. The first kappa shape index (κ1) is 30.9. The molecule has 0 spiro atoms. The lowest BCUT2D eigenvalue weighted by Crippen LogP contribution is -2.58. The topological polar surface area (TPSA) is 252 Å². The Bertz CT molecular complexity index is 761. The highest BCUT2D eigenvalue weighted by Gasteiger charge is 2.32. The summed E-state index contributed by atoms with van der Waals surface area (Å²) < 4.78 is 0. The third-order valence-electron chi connectivity index (χ3n) is 4.90. The van der Waals surface area contributed by atoms with E-state index in [1.807, 2.05) is 0 Å². The number of carboxylic acid groups (broad SMARTS) is 2. The molecule has 0 aromatic carbocycles. The van der Waals surface area contributed by atoms with Gasteiger partial charge in [0.1, 0.15) is 18.1 Å². The maximum Gasteiger partial charge on any atom is 0.327 e. The van der Waals surface area contributed by atoms with Gasteiger partial charge in [0, 0.05) is 12.3 Å². The second kappa shape index (κ2) is 15.7. The molecular formula is C19H35N7O7S. The number of nitrogens with one attached hydrogen (secondary N) is 3. The van der Waals surface area contributed by atoms with Gasteiger partial charge in [0.2, 0.25) is 17.7 Å². The van der Waals surface area contributed by atoms with Crippen molar-refractivity contribution in [2.45, 2.75) is 63.7 Å². The van der Waals surface area contributed by atoms with Crippen LogP contribution in [0, 0.1) is 5.92 Å². The fraction of sp³-hybridized carbons (Fsp3) is 0.684. The monoisotopic (exact) mass is 505 g/mol. The Kier molecular flexibility index (Phi) is 14.3. The first-order valence-electron chi connectivity index (χ1n) is 10.6. The number of aliphatic carboxylic acids is 2. The van der Waals surface area contributed by atoms with E-state index in [-0.39, 0.29) is 31.1 Å². The van der Waals surface area contributed by atoms with E-state index >= 15 is 0 Å². The number of hydrogen-bond donors (Lipinski definition) is 9. The van der Waals surface area contributed by atoms with Crippen LogP contribution in [0.25, 0.3) is 0 Å². The molecule has 0 fully saturated rings. The minimum Gasteiger partial charge on any atom is -0.481 e. The summed E-state index contributed by atoms with van der Waals surface area (Å²) in [4.78, 5) is 63.9. The first-order valence-corrected chi connectivity index (χ1v) is 11.2. The predicted octanol–water partition coefficient (Wildman–Crippen LogP) is -2.64. The number of rotatable bonds is 16. The number of aliphatic imine (C=N–C) groups is 1. The number of carboxylic acids is 2. The zero-order chi connectivity index (χ0) is 26.4. The van der Waals surface area contributed by atoms with Crippen LogP contribution in [0.2, 0.25) is 0 Å². The van der Waals surface area contributed by atoms with Crippen LogP contribution in [0.5, 0.6) is 0 Å². The van der Waals surface area contributed by atoms with Gasteiger partial charge in [0.25, 0.3) is 0 Å². The summed E-state index contributed by atoms with van der Waals surface area (Å²) in [7, 11) is 0. The summed E-state index contributed by atoms with van der Waals surface area (Å²) in [5, 5.41) is 25.2. The summed E-state index contributed by atoms with van der Waals surface area (Å²) in [5.41, 5.74) is 16.1. The molecular weight excluding hydrogens is 470 g/mol. The second-order valence-electron chi connectivity index (χ2n) is 7.67. The number of carbonyl (C=O) groups is 5. The van der Waals surface area contributed by atoms with E-state index in [4.69, 9.17) is 27.4 Å². The van der Waals surface area contributed by atoms with Crippen molar-refractivity contribution in [3.8, 4) is 0 Å². The number of guanidine groups is 1. The third kappa shape index (κ3) is 11.7. The third-order valence-corrected chi connectivity index (χ3v) is 5.27. The standard InChI is InChI=1S/C19H35N7O7S/c1-3-9(2)14(26-15(29)10(20)7-13(27)28)17(31)24-11(5-4-6-23-19(21)22)16(30)25-12(8-34)18(32)33/h9-12,14,34H,3-8,20H2,1-2H3,(H,24,31)(H,25,30)(H,26,29)(H,27,28)(H,32,33)(H4,21,22,23). The molecule has 0 aliphatic rings. The van der Waals surface area contributed by atoms with Gasteiger partial charge in [-0.25, -0.2) is 4.79 Å². The summed E-state index contributed by atoms with van der Waals surface area (Å²) in [6.07, 6.45) is 0.178. The SMILES string of the molecule is CCC(C)C(NC(=O)C(N)CC(=O)O)C(=O)NC(CCCN=C(N)N)C(=O)NC(CS)C(=O)O. The summed E-state index contributed by atoms with van der Waals surface area (Å²) in [6, 6.07) is -4.95. The molecule has 0 aliphatic carbocycles. The lowest BCUT2D eigenvalue weighted by molar-refractivity contribution is -0.141. The van der Waals surface area contributed by atoms with Gasteiger partial charge in [0.05, 0.1) is 12.5 Å². The Labute approximate surface area is 202 Å².